The Bertz CT molecular complexity index is 903. The SMILES string of the molecule is COc1ccc(Cc2cc([C@@H]3S[C@H](CO)[C@@H](O)C(O)[C@H]3O)c3c(c2Cl)OCC3)cc1. The van der Waals surface area contributed by atoms with Crippen LogP contribution in [0.5, 0.6) is 11.5 Å². The van der Waals surface area contributed by atoms with E-state index in [-0.39, 0.29) is 6.61 Å². The molecule has 0 spiro atoms. The molecule has 0 saturated carbocycles. The molecule has 2 aliphatic heterocycles. The Morgan fingerprint density at radius 2 is 1.87 bits per heavy atom. The molecule has 2 heterocycles. The monoisotopic (exact) mass is 452 g/mol. The van der Waals surface area contributed by atoms with E-state index >= 15 is 0 Å². The van der Waals surface area contributed by atoms with Crippen molar-refractivity contribution in [1.29, 1.82) is 0 Å². The van der Waals surface area contributed by atoms with Crippen LogP contribution in [0.25, 0.3) is 0 Å². The number of ether oxygens (including phenoxy) is 2. The maximum atomic E-state index is 10.7. The van der Waals surface area contributed by atoms with Gasteiger partial charge in [0.1, 0.15) is 17.6 Å². The number of benzene rings is 2. The Balaban J connectivity index is 1.73. The lowest BCUT2D eigenvalue weighted by molar-refractivity contribution is -0.0701. The molecule has 4 rings (SSSR count). The molecule has 0 radical (unpaired) electrons. The van der Waals surface area contributed by atoms with Crippen LogP contribution in [0.15, 0.2) is 30.3 Å². The smallest absolute Gasteiger partial charge is 0.141 e. The van der Waals surface area contributed by atoms with Crippen LogP contribution in [-0.4, -0.2) is 64.3 Å². The number of rotatable bonds is 5. The number of aliphatic hydroxyl groups is 4. The Hall–Kier alpha value is -1.48. The van der Waals surface area contributed by atoms with Crippen molar-refractivity contribution in [2.75, 3.05) is 20.3 Å². The third-order valence-electron chi connectivity index (χ3n) is 5.78. The van der Waals surface area contributed by atoms with Crippen molar-refractivity contribution >= 4 is 23.4 Å². The number of fused-ring (bicyclic) bond motifs is 1. The first-order chi connectivity index (χ1) is 14.4. The number of thioether (sulfide) groups is 1. The van der Waals surface area contributed by atoms with E-state index in [1.807, 2.05) is 30.3 Å². The van der Waals surface area contributed by atoms with Crippen LogP contribution in [-0.2, 0) is 12.8 Å². The Morgan fingerprint density at radius 1 is 1.13 bits per heavy atom. The van der Waals surface area contributed by atoms with Gasteiger partial charge in [0, 0.05) is 12.0 Å². The summed E-state index contributed by atoms with van der Waals surface area (Å²) in [5, 5.41) is 40.3. The van der Waals surface area contributed by atoms with Crippen LogP contribution in [0.3, 0.4) is 0 Å². The van der Waals surface area contributed by atoms with Crippen molar-refractivity contribution in [3.05, 3.63) is 57.6 Å². The first-order valence-electron chi connectivity index (χ1n) is 9.85. The van der Waals surface area contributed by atoms with Crippen LogP contribution in [0.2, 0.25) is 5.02 Å². The molecule has 6 nitrogen and oxygen atoms in total. The molecular weight excluding hydrogens is 428 g/mol. The molecule has 5 atom stereocenters. The van der Waals surface area contributed by atoms with Gasteiger partial charge >= 0.3 is 0 Å². The van der Waals surface area contributed by atoms with Crippen LogP contribution >= 0.6 is 23.4 Å². The van der Waals surface area contributed by atoms with Crippen molar-refractivity contribution < 1.29 is 29.9 Å². The third kappa shape index (κ3) is 3.90. The number of halogens is 1. The van der Waals surface area contributed by atoms with E-state index in [4.69, 9.17) is 21.1 Å². The normalized spacial score (nSPS) is 28.1. The van der Waals surface area contributed by atoms with E-state index in [0.717, 1.165) is 28.0 Å². The molecule has 8 heteroatoms. The molecule has 0 aromatic heterocycles. The van der Waals surface area contributed by atoms with Gasteiger partial charge < -0.3 is 29.9 Å². The van der Waals surface area contributed by atoms with Gasteiger partial charge in [-0.2, -0.15) is 0 Å². The number of aliphatic hydroxyl groups excluding tert-OH is 4. The highest BCUT2D eigenvalue weighted by Gasteiger charge is 2.45. The summed E-state index contributed by atoms with van der Waals surface area (Å²) < 4.78 is 11.0. The zero-order valence-electron chi connectivity index (χ0n) is 16.5. The van der Waals surface area contributed by atoms with Gasteiger partial charge in [0.15, 0.2) is 0 Å². The molecule has 2 aliphatic rings. The third-order valence-corrected chi connectivity index (χ3v) is 7.80. The topological polar surface area (TPSA) is 99.4 Å². The maximum Gasteiger partial charge on any atom is 0.141 e. The first kappa shape index (κ1) is 21.7. The number of hydrogen-bond donors (Lipinski definition) is 4. The second-order valence-electron chi connectivity index (χ2n) is 7.62. The van der Waals surface area contributed by atoms with Crippen molar-refractivity contribution in [2.45, 2.75) is 41.7 Å². The second-order valence-corrected chi connectivity index (χ2v) is 9.38. The molecule has 0 bridgehead atoms. The fraction of sp³-hybridized carbons (Fsp3) is 0.455. The quantitative estimate of drug-likeness (QED) is 0.551. The van der Waals surface area contributed by atoms with Crippen LogP contribution in [0, 0.1) is 0 Å². The molecule has 2 aromatic rings. The van der Waals surface area contributed by atoms with Crippen LogP contribution < -0.4 is 9.47 Å². The minimum atomic E-state index is -1.34. The lowest BCUT2D eigenvalue weighted by Crippen LogP contribution is -2.51. The average molecular weight is 453 g/mol. The highest BCUT2D eigenvalue weighted by molar-refractivity contribution is 8.00. The summed E-state index contributed by atoms with van der Waals surface area (Å²) >= 11 is 7.94. The van der Waals surface area contributed by atoms with Crippen LogP contribution in [0.4, 0.5) is 0 Å². The van der Waals surface area contributed by atoms with Crippen molar-refractivity contribution in [3.63, 3.8) is 0 Å². The Morgan fingerprint density at radius 3 is 2.53 bits per heavy atom. The van der Waals surface area contributed by atoms with Gasteiger partial charge in [0.25, 0.3) is 0 Å². The standard InChI is InChI=1S/C22H25ClO6S/c1-28-13-4-2-11(3-5-13)8-12-9-15(14-6-7-29-21(14)17(12)23)22-20(27)19(26)18(25)16(10-24)30-22/h2-5,9,16,18-20,22,24-27H,6-8,10H2,1H3/t16-,18-,19?,20-,22+/m1/s1. The highest BCUT2D eigenvalue weighted by atomic mass is 35.5. The minimum Gasteiger partial charge on any atom is -0.497 e. The van der Waals surface area contributed by atoms with E-state index in [1.54, 1.807) is 7.11 Å². The summed E-state index contributed by atoms with van der Waals surface area (Å²) in [5.74, 6) is 1.39. The van der Waals surface area contributed by atoms with E-state index in [0.29, 0.717) is 30.2 Å². The fourth-order valence-electron chi connectivity index (χ4n) is 4.12. The zero-order chi connectivity index (χ0) is 21.4. The second kappa shape index (κ2) is 8.94. The molecule has 1 saturated heterocycles. The summed E-state index contributed by atoms with van der Waals surface area (Å²) in [6, 6.07) is 9.67. The van der Waals surface area contributed by atoms with E-state index in [2.05, 4.69) is 0 Å². The van der Waals surface area contributed by atoms with E-state index in [9.17, 15) is 20.4 Å². The molecule has 162 valence electrons. The predicted molar refractivity (Wildman–Crippen MR) is 116 cm³/mol. The summed E-state index contributed by atoms with van der Waals surface area (Å²) in [6.45, 7) is 0.202. The van der Waals surface area contributed by atoms with Gasteiger partial charge in [-0.05, 0) is 35.2 Å². The molecule has 0 aliphatic carbocycles. The van der Waals surface area contributed by atoms with Crippen molar-refractivity contribution in [1.82, 2.24) is 0 Å². The molecule has 1 fully saturated rings. The van der Waals surface area contributed by atoms with Gasteiger partial charge in [0.2, 0.25) is 0 Å². The molecule has 30 heavy (non-hydrogen) atoms. The summed E-state index contributed by atoms with van der Waals surface area (Å²) in [6.07, 6.45) is -2.49. The van der Waals surface area contributed by atoms with Gasteiger partial charge in [-0.1, -0.05) is 29.8 Å². The van der Waals surface area contributed by atoms with Gasteiger partial charge in [-0.3, -0.25) is 0 Å². The van der Waals surface area contributed by atoms with E-state index < -0.39 is 28.8 Å². The number of hydrogen-bond acceptors (Lipinski definition) is 7. The largest absolute Gasteiger partial charge is 0.497 e. The summed E-state index contributed by atoms with van der Waals surface area (Å²) in [5.41, 5.74) is 3.64. The average Bonchev–Trinajstić information content (AvgIpc) is 3.26. The van der Waals surface area contributed by atoms with Gasteiger partial charge in [0.05, 0.1) is 48.1 Å². The zero-order valence-corrected chi connectivity index (χ0v) is 18.1. The first-order valence-corrected chi connectivity index (χ1v) is 11.2. The van der Waals surface area contributed by atoms with Gasteiger partial charge in [-0.15, -0.1) is 11.8 Å². The summed E-state index contributed by atoms with van der Waals surface area (Å²) in [7, 11) is 1.62. The molecule has 4 N–H and O–H groups in total. The lowest BCUT2D eigenvalue weighted by atomic mass is 9.90. The summed E-state index contributed by atoms with van der Waals surface area (Å²) in [4.78, 5) is 0. The van der Waals surface area contributed by atoms with Crippen molar-refractivity contribution in [3.8, 4) is 11.5 Å². The van der Waals surface area contributed by atoms with Crippen LogP contribution in [0.1, 0.15) is 27.5 Å². The highest BCUT2D eigenvalue weighted by Crippen LogP contribution is 2.49. The molecule has 2 aromatic carbocycles. The van der Waals surface area contributed by atoms with E-state index in [1.165, 1.54) is 11.8 Å². The van der Waals surface area contributed by atoms with Gasteiger partial charge in [-0.25, -0.2) is 0 Å². The predicted octanol–water partition coefficient (Wildman–Crippen LogP) is 2.11. The minimum absolute atomic E-state index is 0.295. The fourth-order valence-corrected chi connectivity index (χ4v) is 5.87. The lowest BCUT2D eigenvalue weighted by Gasteiger charge is -2.40. The van der Waals surface area contributed by atoms with Crippen molar-refractivity contribution in [2.24, 2.45) is 0 Å². The maximum absolute atomic E-state index is 10.7. The number of methoxy groups -OCH3 is 1. The Kier molecular flexibility index (Phi) is 6.48. The molecule has 1 unspecified atom stereocenters. The molecular formula is C22H25ClO6S. The molecule has 0 amide bonds. The Labute approximate surface area is 184 Å².